The van der Waals surface area contributed by atoms with Crippen molar-refractivity contribution in [1.29, 1.82) is 0 Å². The van der Waals surface area contributed by atoms with E-state index in [0.29, 0.717) is 5.78 Å². The lowest BCUT2D eigenvalue weighted by atomic mass is 9.82. The van der Waals surface area contributed by atoms with E-state index in [-0.39, 0.29) is 16.9 Å². The van der Waals surface area contributed by atoms with E-state index in [0.717, 1.165) is 19.4 Å². The van der Waals surface area contributed by atoms with Gasteiger partial charge < -0.3 is 5.32 Å². The molecule has 0 spiro atoms. The van der Waals surface area contributed by atoms with Gasteiger partial charge in [-0.15, -0.1) is 0 Å². The molecule has 0 heterocycles. The van der Waals surface area contributed by atoms with Gasteiger partial charge in [0.2, 0.25) is 0 Å². The van der Waals surface area contributed by atoms with Gasteiger partial charge in [-0.1, -0.05) is 27.7 Å². The molecule has 16 heavy (non-hydrogen) atoms. The Morgan fingerprint density at radius 2 is 1.62 bits per heavy atom. The van der Waals surface area contributed by atoms with Crippen molar-refractivity contribution in [2.75, 3.05) is 6.54 Å². The van der Waals surface area contributed by atoms with Gasteiger partial charge in [0, 0.05) is 16.9 Å². The summed E-state index contributed by atoms with van der Waals surface area (Å²) in [5.74, 6) is 0.560. The third-order valence-corrected chi connectivity index (χ3v) is 2.66. The zero-order chi connectivity index (χ0) is 13.0. The molecule has 1 unspecified atom stereocenters. The van der Waals surface area contributed by atoms with E-state index < -0.39 is 0 Å². The Hall–Kier alpha value is -0.370. The molecular weight excluding hydrogens is 198 g/mol. The Labute approximate surface area is 101 Å². The molecule has 0 radical (unpaired) electrons. The highest BCUT2D eigenvalue weighted by molar-refractivity contribution is 5.85. The maximum Gasteiger partial charge on any atom is 0.140 e. The summed E-state index contributed by atoms with van der Waals surface area (Å²) in [6, 6.07) is 0. The van der Waals surface area contributed by atoms with Gasteiger partial charge in [0.25, 0.3) is 0 Å². The van der Waals surface area contributed by atoms with E-state index in [1.54, 1.807) is 0 Å². The van der Waals surface area contributed by atoms with Gasteiger partial charge in [-0.2, -0.15) is 0 Å². The van der Waals surface area contributed by atoms with Crippen LogP contribution in [0.5, 0.6) is 0 Å². The van der Waals surface area contributed by atoms with E-state index in [1.807, 2.05) is 27.7 Å². The minimum Gasteiger partial charge on any atom is -0.312 e. The van der Waals surface area contributed by atoms with Crippen molar-refractivity contribution >= 4 is 5.78 Å². The Balaban J connectivity index is 3.83. The first-order valence-corrected chi connectivity index (χ1v) is 6.33. The summed E-state index contributed by atoms with van der Waals surface area (Å²) >= 11 is 0. The summed E-state index contributed by atoms with van der Waals surface area (Å²) in [6.07, 6.45) is 2.06. The van der Waals surface area contributed by atoms with Crippen LogP contribution in [0.3, 0.4) is 0 Å². The lowest BCUT2D eigenvalue weighted by Crippen LogP contribution is -2.36. The fourth-order valence-corrected chi connectivity index (χ4v) is 1.74. The third kappa shape index (κ3) is 7.00. The molecule has 0 fully saturated rings. The number of carbonyl (C=O) groups is 1. The smallest absolute Gasteiger partial charge is 0.140 e. The van der Waals surface area contributed by atoms with Gasteiger partial charge in [-0.05, 0) is 40.2 Å². The number of rotatable bonds is 5. The molecule has 1 atom stereocenters. The van der Waals surface area contributed by atoms with Crippen molar-refractivity contribution in [3.63, 3.8) is 0 Å². The SMILES string of the molecule is CC(CCCNC(C)(C)C)C(=O)C(C)(C)C. The number of ketones is 1. The lowest BCUT2D eigenvalue weighted by molar-refractivity contribution is -0.130. The fourth-order valence-electron chi connectivity index (χ4n) is 1.74. The Kier molecular flexibility index (Phi) is 5.67. The molecule has 0 aromatic carbocycles. The molecule has 0 aromatic heterocycles. The second-order valence-corrected chi connectivity index (χ2v) is 6.83. The van der Waals surface area contributed by atoms with Gasteiger partial charge in [-0.3, -0.25) is 4.79 Å². The molecule has 0 bridgehead atoms. The number of hydrogen-bond acceptors (Lipinski definition) is 2. The first kappa shape index (κ1) is 15.6. The van der Waals surface area contributed by atoms with Crippen LogP contribution in [0.2, 0.25) is 0 Å². The molecule has 0 aliphatic rings. The van der Waals surface area contributed by atoms with Crippen LogP contribution in [-0.2, 0) is 4.79 Å². The number of nitrogens with one attached hydrogen (secondary N) is 1. The van der Waals surface area contributed by atoms with Gasteiger partial charge in [-0.25, -0.2) is 0 Å². The quantitative estimate of drug-likeness (QED) is 0.729. The van der Waals surface area contributed by atoms with E-state index >= 15 is 0 Å². The number of carbonyl (C=O) groups excluding carboxylic acids is 1. The normalized spacial score (nSPS) is 14.9. The van der Waals surface area contributed by atoms with Crippen LogP contribution in [-0.4, -0.2) is 17.9 Å². The predicted molar refractivity (Wildman–Crippen MR) is 70.6 cm³/mol. The Morgan fingerprint density at radius 3 is 2.00 bits per heavy atom. The van der Waals surface area contributed by atoms with Crippen LogP contribution in [0.15, 0.2) is 0 Å². The monoisotopic (exact) mass is 227 g/mol. The van der Waals surface area contributed by atoms with Crippen LogP contribution < -0.4 is 5.32 Å². The maximum atomic E-state index is 11.9. The van der Waals surface area contributed by atoms with E-state index in [9.17, 15) is 4.79 Å². The largest absolute Gasteiger partial charge is 0.312 e. The molecule has 0 aliphatic heterocycles. The maximum absolute atomic E-state index is 11.9. The minimum atomic E-state index is -0.198. The zero-order valence-corrected chi connectivity index (χ0v) is 12.1. The topological polar surface area (TPSA) is 29.1 Å². The predicted octanol–water partition coefficient (Wildman–Crippen LogP) is 3.41. The van der Waals surface area contributed by atoms with Gasteiger partial charge >= 0.3 is 0 Å². The zero-order valence-electron chi connectivity index (χ0n) is 12.1. The lowest BCUT2D eigenvalue weighted by Gasteiger charge is -2.23. The van der Waals surface area contributed by atoms with Crippen molar-refractivity contribution in [2.45, 2.75) is 66.8 Å². The summed E-state index contributed by atoms with van der Waals surface area (Å²) in [4.78, 5) is 11.9. The van der Waals surface area contributed by atoms with E-state index in [4.69, 9.17) is 0 Å². The Bertz CT molecular complexity index is 220. The summed E-state index contributed by atoms with van der Waals surface area (Å²) in [7, 11) is 0. The number of Topliss-reactive ketones (excluding diaryl/α,β-unsaturated/α-hetero) is 1. The highest BCUT2D eigenvalue weighted by atomic mass is 16.1. The second kappa shape index (κ2) is 5.81. The van der Waals surface area contributed by atoms with Gasteiger partial charge in [0.15, 0.2) is 0 Å². The minimum absolute atomic E-state index is 0.178. The molecule has 2 nitrogen and oxygen atoms in total. The van der Waals surface area contributed by atoms with Gasteiger partial charge in [0.05, 0.1) is 0 Å². The standard InChI is InChI=1S/C14H29NO/c1-11(12(16)13(2,3)4)9-8-10-15-14(5,6)7/h11,15H,8-10H2,1-7H3. The first-order valence-electron chi connectivity index (χ1n) is 6.33. The van der Waals surface area contributed by atoms with Crippen LogP contribution in [0.4, 0.5) is 0 Å². The summed E-state index contributed by atoms with van der Waals surface area (Å²) in [6.45, 7) is 15.5. The molecule has 2 heteroatoms. The molecule has 0 amide bonds. The van der Waals surface area contributed by atoms with Crippen LogP contribution in [0, 0.1) is 11.3 Å². The van der Waals surface area contributed by atoms with Crippen LogP contribution >= 0.6 is 0 Å². The van der Waals surface area contributed by atoms with Crippen LogP contribution in [0.25, 0.3) is 0 Å². The summed E-state index contributed by atoms with van der Waals surface area (Å²) in [5, 5.41) is 3.44. The number of hydrogen-bond donors (Lipinski definition) is 1. The molecule has 0 saturated heterocycles. The second-order valence-electron chi connectivity index (χ2n) is 6.83. The molecule has 0 saturated carbocycles. The molecule has 0 rings (SSSR count). The molecular formula is C14H29NO. The third-order valence-electron chi connectivity index (χ3n) is 2.66. The fraction of sp³-hybridized carbons (Fsp3) is 0.929. The van der Waals surface area contributed by atoms with Crippen molar-refractivity contribution in [2.24, 2.45) is 11.3 Å². The highest BCUT2D eigenvalue weighted by Gasteiger charge is 2.26. The van der Waals surface area contributed by atoms with Crippen molar-refractivity contribution in [3.8, 4) is 0 Å². The average molecular weight is 227 g/mol. The van der Waals surface area contributed by atoms with Crippen LogP contribution in [0.1, 0.15) is 61.3 Å². The molecule has 0 aliphatic carbocycles. The van der Waals surface area contributed by atoms with Crippen molar-refractivity contribution in [1.82, 2.24) is 5.32 Å². The summed E-state index contributed by atoms with van der Waals surface area (Å²) in [5.41, 5.74) is -0.0197. The highest BCUT2D eigenvalue weighted by Crippen LogP contribution is 2.22. The summed E-state index contributed by atoms with van der Waals surface area (Å²) < 4.78 is 0. The first-order chi connectivity index (χ1) is 7.04. The average Bonchev–Trinajstić information content (AvgIpc) is 2.07. The van der Waals surface area contributed by atoms with E-state index in [1.165, 1.54) is 0 Å². The molecule has 96 valence electrons. The molecule has 1 N–H and O–H groups in total. The Morgan fingerprint density at radius 1 is 1.12 bits per heavy atom. The van der Waals surface area contributed by atoms with Crippen molar-refractivity contribution in [3.05, 3.63) is 0 Å². The van der Waals surface area contributed by atoms with E-state index in [2.05, 4.69) is 26.1 Å². The molecule has 0 aromatic rings. The van der Waals surface area contributed by atoms with Gasteiger partial charge in [0.1, 0.15) is 5.78 Å². The van der Waals surface area contributed by atoms with Crippen molar-refractivity contribution < 1.29 is 4.79 Å².